The highest BCUT2D eigenvalue weighted by atomic mass is 19.1. The molecule has 5 rings (SSSR count). The summed E-state index contributed by atoms with van der Waals surface area (Å²) in [5.41, 5.74) is 3.11. The predicted molar refractivity (Wildman–Crippen MR) is 130 cm³/mol. The molecule has 0 bridgehead atoms. The van der Waals surface area contributed by atoms with Gasteiger partial charge in [-0.05, 0) is 60.3 Å². The molecule has 0 spiro atoms. The molecule has 3 aromatic rings. The molecule has 0 radical (unpaired) electrons. The zero-order chi connectivity index (χ0) is 24.4. The summed E-state index contributed by atoms with van der Waals surface area (Å²) in [5.74, 6) is -1.23. The highest BCUT2D eigenvalue weighted by molar-refractivity contribution is 5.89. The molecule has 0 saturated carbocycles. The summed E-state index contributed by atoms with van der Waals surface area (Å²) in [7, 11) is 0. The Kier molecular flexibility index (Phi) is 6.74. The molecule has 0 unspecified atom stereocenters. The number of anilines is 1. The van der Waals surface area contributed by atoms with Crippen molar-refractivity contribution in [2.45, 2.75) is 30.8 Å². The van der Waals surface area contributed by atoms with Crippen LogP contribution in [0.4, 0.5) is 19.3 Å². The van der Waals surface area contributed by atoms with Gasteiger partial charge in [-0.2, -0.15) is 0 Å². The van der Waals surface area contributed by atoms with Gasteiger partial charge in [0.15, 0.2) is 0 Å². The second-order valence-corrected chi connectivity index (χ2v) is 9.15. The Morgan fingerprint density at radius 2 is 1.71 bits per heavy atom. The number of carbonyl (C=O) groups is 1. The standard InChI is InChI=1S/C27H28F2N4O2/c28-21-7-8-22(29)23(15-21)31-27(35)32-13-1-2-14-33-24(16-32)26(25(33)17-34)20-5-3-18(4-6-20)19-9-11-30-12-10-19/h3-12,15,24-26,34H,1-2,13-14,16-17H2,(H,31,35)/t24-,25-,26+/m1/s1. The lowest BCUT2D eigenvalue weighted by Gasteiger charge is -2.57. The van der Waals surface area contributed by atoms with Crippen LogP contribution >= 0.6 is 0 Å². The molecule has 2 aromatic carbocycles. The van der Waals surface area contributed by atoms with Crippen molar-refractivity contribution in [3.63, 3.8) is 0 Å². The van der Waals surface area contributed by atoms with Crippen molar-refractivity contribution in [3.05, 3.63) is 84.2 Å². The highest BCUT2D eigenvalue weighted by Crippen LogP contribution is 2.42. The third-order valence-corrected chi connectivity index (χ3v) is 7.14. The van der Waals surface area contributed by atoms with E-state index in [0.29, 0.717) is 13.1 Å². The van der Waals surface area contributed by atoms with Crippen LogP contribution in [0.1, 0.15) is 24.3 Å². The molecular formula is C27H28F2N4O2. The van der Waals surface area contributed by atoms with Crippen molar-refractivity contribution in [2.75, 3.05) is 31.6 Å². The van der Waals surface area contributed by atoms with Crippen LogP contribution in [0.15, 0.2) is 67.0 Å². The molecule has 2 aliphatic heterocycles. The lowest BCUT2D eigenvalue weighted by molar-refractivity contribution is -0.0585. The maximum absolute atomic E-state index is 14.1. The van der Waals surface area contributed by atoms with Crippen LogP contribution in [0.5, 0.6) is 0 Å². The average Bonchev–Trinajstić information content (AvgIpc) is 2.86. The number of nitrogens with zero attached hydrogens (tertiary/aromatic N) is 3. The fraction of sp³-hybridized carbons (Fsp3) is 0.333. The van der Waals surface area contributed by atoms with E-state index in [1.54, 1.807) is 17.3 Å². The van der Waals surface area contributed by atoms with Gasteiger partial charge in [0.2, 0.25) is 0 Å². The number of fused-ring (bicyclic) bond motifs is 1. The molecule has 2 aliphatic rings. The molecule has 3 heterocycles. The van der Waals surface area contributed by atoms with E-state index < -0.39 is 17.7 Å². The van der Waals surface area contributed by atoms with Crippen molar-refractivity contribution >= 4 is 11.7 Å². The van der Waals surface area contributed by atoms with Gasteiger partial charge >= 0.3 is 6.03 Å². The Hall–Kier alpha value is -3.36. The van der Waals surface area contributed by atoms with E-state index in [9.17, 15) is 18.7 Å². The number of carbonyl (C=O) groups excluding carboxylic acids is 1. The number of benzene rings is 2. The number of aromatic nitrogens is 1. The van der Waals surface area contributed by atoms with Crippen molar-refractivity contribution in [3.8, 4) is 11.1 Å². The van der Waals surface area contributed by atoms with Crippen molar-refractivity contribution in [1.29, 1.82) is 0 Å². The minimum absolute atomic E-state index is 0.0181. The summed E-state index contributed by atoms with van der Waals surface area (Å²) < 4.78 is 27.7. The quantitative estimate of drug-likeness (QED) is 0.580. The van der Waals surface area contributed by atoms with Crippen LogP contribution in [0, 0.1) is 11.6 Å². The number of halogens is 2. The van der Waals surface area contributed by atoms with Gasteiger partial charge in [0.05, 0.1) is 12.3 Å². The number of amides is 2. The van der Waals surface area contributed by atoms with Gasteiger partial charge in [-0.1, -0.05) is 24.3 Å². The molecule has 182 valence electrons. The van der Waals surface area contributed by atoms with Crippen LogP contribution in [0.2, 0.25) is 0 Å². The summed E-state index contributed by atoms with van der Waals surface area (Å²) >= 11 is 0. The molecule has 8 heteroatoms. The number of hydrogen-bond donors (Lipinski definition) is 2. The first kappa shape index (κ1) is 23.4. The Bertz CT molecular complexity index is 1180. The van der Waals surface area contributed by atoms with Gasteiger partial charge in [-0.3, -0.25) is 9.88 Å². The van der Waals surface area contributed by atoms with Gasteiger partial charge in [0.25, 0.3) is 0 Å². The maximum Gasteiger partial charge on any atom is 0.321 e. The molecule has 6 nitrogen and oxygen atoms in total. The van der Waals surface area contributed by atoms with E-state index in [-0.39, 0.29) is 30.3 Å². The number of nitrogens with one attached hydrogen (secondary N) is 1. The second kappa shape index (κ2) is 10.1. The molecule has 2 saturated heterocycles. The second-order valence-electron chi connectivity index (χ2n) is 9.15. The van der Waals surface area contributed by atoms with Gasteiger partial charge in [0, 0.05) is 49.6 Å². The minimum atomic E-state index is -0.676. The van der Waals surface area contributed by atoms with E-state index in [1.165, 1.54) is 0 Å². The van der Waals surface area contributed by atoms with E-state index in [4.69, 9.17) is 0 Å². The molecule has 2 N–H and O–H groups in total. The van der Waals surface area contributed by atoms with Crippen LogP contribution < -0.4 is 5.32 Å². The summed E-state index contributed by atoms with van der Waals surface area (Å²) in [6.07, 6.45) is 5.21. The number of aliphatic hydroxyl groups excluding tert-OH is 1. The number of aliphatic hydroxyl groups is 1. The summed E-state index contributed by atoms with van der Waals surface area (Å²) in [5, 5.41) is 12.7. The Labute approximate surface area is 203 Å². The predicted octanol–water partition coefficient (Wildman–Crippen LogP) is 4.48. The number of hydrogen-bond acceptors (Lipinski definition) is 4. The van der Waals surface area contributed by atoms with E-state index >= 15 is 0 Å². The van der Waals surface area contributed by atoms with Gasteiger partial charge in [0.1, 0.15) is 11.6 Å². The third kappa shape index (κ3) is 4.76. The summed E-state index contributed by atoms with van der Waals surface area (Å²) in [6, 6.07) is 14.8. The molecule has 2 amide bonds. The van der Waals surface area contributed by atoms with E-state index in [0.717, 1.165) is 54.3 Å². The smallest absolute Gasteiger partial charge is 0.321 e. The first-order chi connectivity index (χ1) is 17.0. The average molecular weight is 479 g/mol. The van der Waals surface area contributed by atoms with Crippen molar-refractivity contribution < 1.29 is 18.7 Å². The molecule has 0 aliphatic carbocycles. The number of pyridine rings is 1. The largest absolute Gasteiger partial charge is 0.395 e. The van der Waals surface area contributed by atoms with E-state index in [1.807, 2.05) is 12.1 Å². The van der Waals surface area contributed by atoms with E-state index in [2.05, 4.69) is 39.5 Å². The number of urea groups is 1. The lowest BCUT2D eigenvalue weighted by Crippen LogP contribution is -2.68. The normalized spacial score (nSPS) is 22.5. The van der Waals surface area contributed by atoms with Crippen LogP contribution in [-0.2, 0) is 0 Å². The summed E-state index contributed by atoms with van der Waals surface area (Å²) in [4.78, 5) is 21.0. The van der Waals surface area contributed by atoms with Crippen molar-refractivity contribution in [2.24, 2.45) is 0 Å². The fourth-order valence-corrected chi connectivity index (χ4v) is 5.35. The molecule has 3 atom stereocenters. The fourth-order valence-electron chi connectivity index (χ4n) is 5.35. The van der Waals surface area contributed by atoms with Crippen LogP contribution in [-0.4, -0.2) is 64.2 Å². The Balaban J connectivity index is 1.35. The molecular weight excluding hydrogens is 450 g/mol. The zero-order valence-corrected chi connectivity index (χ0v) is 19.3. The first-order valence-electron chi connectivity index (χ1n) is 11.9. The Morgan fingerprint density at radius 3 is 2.46 bits per heavy atom. The highest BCUT2D eigenvalue weighted by Gasteiger charge is 2.49. The van der Waals surface area contributed by atoms with Crippen LogP contribution in [0.25, 0.3) is 11.1 Å². The SMILES string of the molecule is O=C(Nc1cc(F)ccc1F)N1CCCCN2[C@H](CO)[C@@H](c3ccc(-c4ccncc4)cc3)[C@H]2C1. The number of rotatable bonds is 4. The van der Waals surface area contributed by atoms with Crippen LogP contribution in [0.3, 0.4) is 0 Å². The molecule has 1 aromatic heterocycles. The monoisotopic (exact) mass is 478 g/mol. The van der Waals surface area contributed by atoms with Crippen molar-refractivity contribution in [1.82, 2.24) is 14.8 Å². The lowest BCUT2D eigenvalue weighted by atomic mass is 9.74. The Morgan fingerprint density at radius 1 is 1.00 bits per heavy atom. The molecule has 2 fully saturated rings. The zero-order valence-electron chi connectivity index (χ0n) is 19.3. The maximum atomic E-state index is 14.1. The van der Waals surface area contributed by atoms with Gasteiger partial charge in [-0.25, -0.2) is 13.6 Å². The van der Waals surface area contributed by atoms with Gasteiger partial charge in [-0.15, -0.1) is 0 Å². The third-order valence-electron chi connectivity index (χ3n) is 7.14. The topological polar surface area (TPSA) is 68.7 Å². The van der Waals surface area contributed by atoms with Gasteiger partial charge < -0.3 is 15.3 Å². The minimum Gasteiger partial charge on any atom is -0.395 e. The first-order valence-corrected chi connectivity index (χ1v) is 11.9. The molecule has 35 heavy (non-hydrogen) atoms. The summed E-state index contributed by atoms with van der Waals surface area (Å²) in [6.45, 7) is 1.87.